The number of nitrogens with zero attached hydrogens (tertiary/aromatic N) is 4. The molecule has 3 aliphatic heterocycles. The van der Waals surface area contributed by atoms with E-state index in [0.29, 0.717) is 60.9 Å². The van der Waals surface area contributed by atoms with Crippen molar-refractivity contribution in [3.8, 4) is 5.75 Å². The first kappa shape index (κ1) is 33.8. The second kappa shape index (κ2) is 15.3. The third-order valence-corrected chi connectivity index (χ3v) is 11.9. The molecule has 3 saturated heterocycles. The summed E-state index contributed by atoms with van der Waals surface area (Å²) in [6.07, 6.45) is 10.9. The summed E-state index contributed by atoms with van der Waals surface area (Å²) in [4.78, 5) is 22.4. The molecule has 10 nitrogen and oxygen atoms in total. The highest BCUT2D eigenvalue weighted by molar-refractivity contribution is 7.89. The Morgan fingerprint density at radius 1 is 1.00 bits per heavy atom. The average molecular weight is 643 g/mol. The van der Waals surface area contributed by atoms with Crippen LogP contribution in [-0.4, -0.2) is 106 Å². The van der Waals surface area contributed by atoms with Crippen molar-refractivity contribution >= 4 is 15.9 Å². The molecule has 248 valence electrons. The molecule has 45 heavy (non-hydrogen) atoms. The smallest absolute Gasteiger partial charge is 0.248 e. The lowest BCUT2D eigenvalue weighted by molar-refractivity contribution is -0.137. The molecule has 2 atom stereocenters. The number of carbonyl (C=O) groups excluding carboxylic acids is 1. The van der Waals surface area contributed by atoms with Gasteiger partial charge in [0.2, 0.25) is 15.9 Å². The molecule has 0 saturated carbocycles. The van der Waals surface area contributed by atoms with Gasteiger partial charge in [0.25, 0.3) is 0 Å². The van der Waals surface area contributed by atoms with E-state index in [4.69, 9.17) is 14.2 Å². The van der Waals surface area contributed by atoms with Crippen LogP contribution in [0.25, 0.3) is 0 Å². The predicted molar refractivity (Wildman–Crippen MR) is 173 cm³/mol. The van der Waals surface area contributed by atoms with Crippen molar-refractivity contribution in [1.82, 2.24) is 19.1 Å². The van der Waals surface area contributed by atoms with Crippen LogP contribution >= 0.6 is 0 Å². The van der Waals surface area contributed by atoms with Gasteiger partial charge in [0.05, 0.1) is 30.8 Å². The van der Waals surface area contributed by atoms with Crippen LogP contribution in [0.5, 0.6) is 5.75 Å². The molecule has 0 aliphatic carbocycles. The number of likely N-dealkylation sites (tertiary alicyclic amines) is 2. The minimum atomic E-state index is -3.75. The monoisotopic (exact) mass is 642 g/mol. The zero-order valence-electron chi connectivity index (χ0n) is 27.2. The first-order valence-corrected chi connectivity index (χ1v) is 18.0. The number of methoxy groups -OCH3 is 1. The van der Waals surface area contributed by atoms with E-state index in [2.05, 4.69) is 16.0 Å². The van der Waals surface area contributed by atoms with Crippen LogP contribution in [0.3, 0.4) is 0 Å². The van der Waals surface area contributed by atoms with Crippen molar-refractivity contribution in [1.29, 1.82) is 0 Å². The Hall–Kier alpha value is -2.57. The maximum absolute atomic E-state index is 13.9. The van der Waals surface area contributed by atoms with Gasteiger partial charge in [0, 0.05) is 50.2 Å². The molecule has 1 aromatic heterocycles. The summed E-state index contributed by atoms with van der Waals surface area (Å²) < 4.78 is 47.3. The van der Waals surface area contributed by atoms with Gasteiger partial charge in [0.15, 0.2) is 0 Å². The van der Waals surface area contributed by atoms with Crippen molar-refractivity contribution < 1.29 is 27.4 Å². The zero-order chi connectivity index (χ0) is 31.9. The van der Waals surface area contributed by atoms with Crippen molar-refractivity contribution in [2.75, 3.05) is 66.2 Å². The van der Waals surface area contributed by atoms with Crippen molar-refractivity contribution in [3.63, 3.8) is 0 Å². The van der Waals surface area contributed by atoms with Crippen LogP contribution in [0, 0.1) is 13.8 Å². The number of piperidine rings is 1. The molecule has 0 bridgehead atoms. The molecule has 3 aliphatic rings. The van der Waals surface area contributed by atoms with Gasteiger partial charge in [-0.2, -0.15) is 4.31 Å². The number of amides is 1. The van der Waals surface area contributed by atoms with E-state index < -0.39 is 15.6 Å². The Morgan fingerprint density at radius 3 is 2.47 bits per heavy atom. The second-order valence-electron chi connectivity index (χ2n) is 12.7. The molecular weight excluding hydrogens is 592 g/mol. The molecule has 0 N–H and O–H groups in total. The fourth-order valence-corrected chi connectivity index (χ4v) is 9.36. The molecular formula is C34H50N4O6S. The Bertz CT molecular complexity index is 1360. The van der Waals surface area contributed by atoms with Gasteiger partial charge >= 0.3 is 0 Å². The van der Waals surface area contributed by atoms with Gasteiger partial charge in [0.1, 0.15) is 12.4 Å². The third-order valence-electron chi connectivity index (χ3n) is 9.66. The van der Waals surface area contributed by atoms with Gasteiger partial charge in [-0.3, -0.25) is 9.78 Å². The minimum Gasteiger partial charge on any atom is -0.497 e. The summed E-state index contributed by atoms with van der Waals surface area (Å²) in [6.45, 7) is 9.22. The number of aromatic nitrogens is 1. The van der Waals surface area contributed by atoms with Gasteiger partial charge in [-0.05, 0) is 101 Å². The number of carbonyl (C=O) groups is 1. The van der Waals surface area contributed by atoms with Gasteiger partial charge in [-0.25, -0.2) is 8.42 Å². The lowest BCUT2D eigenvalue weighted by Crippen LogP contribution is -2.47. The topological polar surface area (TPSA) is 102 Å². The van der Waals surface area contributed by atoms with E-state index in [1.165, 1.54) is 12.8 Å². The normalized spacial score (nSPS) is 23.6. The van der Waals surface area contributed by atoms with Crippen LogP contribution in [0.15, 0.2) is 41.6 Å². The second-order valence-corrected chi connectivity index (χ2v) is 14.6. The maximum Gasteiger partial charge on any atom is 0.248 e. The van der Waals surface area contributed by atoms with Crippen LogP contribution in [0.4, 0.5) is 0 Å². The lowest BCUT2D eigenvalue weighted by atomic mass is 9.87. The highest BCUT2D eigenvalue weighted by Gasteiger charge is 2.38. The first-order chi connectivity index (χ1) is 21.7. The van der Waals surface area contributed by atoms with Crippen molar-refractivity contribution in [2.24, 2.45) is 0 Å². The summed E-state index contributed by atoms with van der Waals surface area (Å²) in [6, 6.07) is 7.24. The van der Waals surface area contributed by atoms with Crippen LogP contribution < -0.4 is 4.74 Å². The molecule has 0 spiro atoms. The van der Waals surface area contributed by atoms with E-state index in [1.807, 2.05) is 17.2 Å². The summed E-state index contributed by atoms with van der Waals surface area (Å²) in [7, 11) is -2.17. The van der Waals surface area contributed by atoms with E-state index in [1.54, 1.807) is 43.6 Å². The van der Waals surface area contributed by atoms with Crippen LogP contribution in [0.1, 0.15) is 68.1 Å². The number of hydrogen-bond donors (Lipinski definition) is 0. The molecule has 11 heteroatoms. The molecule has 4 heterocycles. The summed E-state index contributed by atoms with van der Waals surface area (Å²) in [5.41, 5.74) is 1.92. The number of hydrogen-bond acceptors (Lipinski definition) is 8. The number of rotatable bonds is 12. The predicted octanol–water partition coefficient (Wildman–Crippen LogP) is 4.29. The Kier molecular flexibility index (Phi) is 11.5. The zero-order valence-corrected chi connectivity index (χ0v) is 28.0. The molecule has 3 fully saturated rings. The molecule has 1 unspecified atom stereocenters. The van der Waals surface area contributed by atoms with Gasteiger partial charge in [-0.1, -0.05) is 12.5 Å². The SMILES string of the molecule is COc1cc(C)c(S(=O)(=O)N2CCCC[C@H]2COCC(=O)N2CCCC(OCCN3CCCC3)(c3cccnc3)CC2)c(C)c1. The Labute approximate surface area is 269 Å². The van der Waals surface area contributed by atoms with Crippen molar-refractivity contribution in [3.05, 3.63) is 53.3 Å². The number of ether oxygens (including phenoxy) is 3. The first-order valence-electron chi connectivity index (χ1n) is 16.5. The fraction of sp³-hybridized carbons (Fsp3) is 0.647. The quantitative estimate of drug-likeness (QED) is 0.338. The minimum absolute atomic E-state index is 0.0684. The third kappa shape index (κ3) is 8.05. The number of sulfonamides is 1. The number of pyridine rings is 1. The highest BCUT2D eigenvalue weighted by atomic mass is 32.2. The molecule has 5 rings (SSSR count). The largest absolute Gasteiger partial charge is 0.497 e. The van der Waals surface area contributed by atoms with Crippen LogP contribution in [-0.2, 0) is 29.9 Å². The van der Waals surface area contributed by atoms with Crippen LogP contribution in [0.2, 0.25) is 0 Å². The van der Waals surface area contributed by atoms with Crippen molar-refractivity contribution in [2.45, 2.75) is 81.8 Å². The van der Waals surface area contributed by atoms with Gasteiger partial charge < -0.3 is 24.0 Å². The summed E-state index contributed by atoms with van der Waals surface area (Å²) in [5, 5.41) is 0. The molecule has 0 radical (unpaired) electrons. The summed E-state index contributed by atoms with van der Waals surface area (Å²) >= 11 is 0. The molecule has 1 aromatic carbocycles. The number of aryl methyl sites for hydroxylation is 2. The van der Waals surface area contributed by atoms with E-state index in [0.717, 1.165) is 50.9 Å². The van der Waals surface area contributed by atoms with E-state index in [-0.39, 0.29) is 25.2 Å². The fourth-order valence-electron chi connectivity index (χ4n) is 7.27. The van der Waals surface area contributed by atoms with E-state index in [9.17, 15) is 13.2 Å². The maximum atomic E-state index is 13.9. The average Bonchev–Trinajstić information content (AvgIpc) is 3.46. The lowest BCUT2D eigenvalue weighted by Gasteiger charge is -2.35. The standard InChI is InChI=1S/C34H50N4O6S/c1-27-22-31(42-3)23-28(2)33(27)45(40,41)38-18-5-4-11-30(38)25-43-26-32(39)37-17-9-12-34(13-19-37,29-10-8-14-35-24-29)44-21-20-36-15-6-7-16-36/h8,10,14,22-24,30H,4-7,9,11-13,15-21,25-26H2,1-3H3/t30-,34?/m0/s1. The van der Waals surface area contributed by atoms with Gasteiger partial charge in [-0.15, -0.1) is 0 Å². The Morgan fingerprint density at radius 2 is 1.76 bits per heavy atom. The summed E-state index contributed by atoms with van der Waals surface area (Å²) in [5.74, 6) is 0.571. The highest BCUT2D eigenvalue weighted by Crippen LogP contribution is 2.37. The number of benzene rings is 1. The Balaban J connectivity index is 1.18. The van der Waals surface area contributed by atoms with E-state index >= 15 is 0 Å². The molecule has 1 amide bonds. The molecule has 2 aromatic rings.